The van der Waals surface area contributed by atoms with Crippen LogP contribution in [0.2, 0.25) is 0 Å². The molecule has 0 spiro atoms. The number of hydrogen-bond donors (Lipinski definition) is 2. The molecule has 1 amide bonds. The van der Waals surface area contributed by atoms with Gasteiger partial charge in [-0.25, -0.2) is 18.4 Å². The molecule has 0 aliphatic carbocycles. The maximum Gasteiger partial charge on any atom is 0.265 e. The van der Waals surface area contributed by atoms with Crippen molar-refractivity contribution in [2.75, 3.05) is 6.54 Å². The van der Waals surface area contributed by atoms with Crippen LogP contribution in [0, 0.1) is 0 Å². The van der Waals surface area contributed by atoms with Gasteiger partial charge >= 0.3 is 0 Å². The fraction of sp³-hybridized carbons (Fsp3) is 0.571. The quantitative estimate of drug-likeness (QED) is 0.668. The molecule has 0 saturated heterocycles. The Morgan fingerprint density at radius 1 is 1.60 bits per heavy atom. The van der Waals surface area contributed by atoms with Crippen molar-refractivity contribution in [3.8, 4) is 0 Å². The van der Waals surface area contributed by atoms with Gasteiger partial charge in [0.25, 0.3) is 6.43 Å². The van der Waals surface area contributed by atoms with Gasteiger partial charge in [0, 0.05) is 6.54 Å². The summed E-state index contributed by atoms with van der Waals surface area (Å²) in [7, 11) is 0. The summed E-state index contributed by atoms with van der Waals surface area (Å²) in [5.41, 5.74) is 0. The molecule has 0 fully saturated rings. The molecule has 0 aliphatic rings. The van der Waals surface area contributed by atoms with E-state index in [-0.39, 0.29) is 6.54 Å². The van der Waals surface area contributed by atoms with Crippen LogP contribution in [0.4, 0.5) is 8.78 Å². The van der Waals surface area contributed by atoms with E-state index in [0.29, 0.717) is 0 Å². The number of carbonyl (C=O) groups excluding carboxylic acids is 1. The minimum Gasteiger partial charge on any atom is -0.385 e. The Morgan fingerprint density at radius 3 is 2.87 bits per heavy atom. The van der Waals surface area contributed by atoms with E-state index >= 15 is 0 Å². The maximum atomic E-state index is 11.8. The molecule has 1 rings (SSSR count). The molecule has 0 bridgehead atoms. The number of nitrogens with one attached hydrogen (secondary N) is 1. The largest absolute Gasteiger partial charge is 0.385 e. The molecule has 0 radical (unpaired) electrons. The minimum absolute atomic E-state index is 0.115. The summed E-state index contributed by atoms with van der Waals surface area (Å²) < 4.78 is 24.9. The van der Waals surface area contributed by atoms with Gasteiger partial charge in [-0.3, -0.25) is 4.79 Å². The normalized spacial score (nSPS) is 12.8. The lowest BCUT2D eigenvalue weighted by atomic mass is 10.3. The van der Waals surface area contributed by atoms with Crippen molar-refractivity contribution in [1.29, 1.82) is 0 Å². The minimum atomic E-state index is -2.86. The molecule has 0 aliphatic heterocycles. The molecule has 2 N–H and O–H groups in total. The van der Waals surface area contributed by atoms with Gasteiger partial charge in [0.05, 0.1) is 0 Å². The van der Waals surface area contributed by atoms with Crippen molar-refractivity contribution in [3.63, 3.8) is 0 Å². The van der Waals surface area contributed by atoms with Crippen molar-refractivity contribution >= 4 is 5.91 Å². The third-order valence-electron chi connectivity index (χ3n) is 1.57. The van der Waals surface area contributed by atoms with Gasteiger partial charge in [0.15, 0.2) is 0 Å². The predicted molar refractivity (Wildman–Crippen MR) is 45.0 cm³/mol. The van der Waals surface area contributed by atoms with Crippen LogP contribution in [0.1, 0.15) is 0 Å². The van der Waals surface area contributed by atoms with Gasteiger partial charge in [-0.2, -0.15) is 5.10 Å². The molecule has 1 atom stereocenters. The van der Waals surface area contributed by atoms with E-state index in [0.717, 1.165) is 0 Å². The number of nitrogens with zero attached hydrogens (tertiary/aromatic N) is 3. The van der Waals surface area contributed by atoms with Crippen molar-refractivity contribution in [2.24, 2.45) is 0 Å². The molecule has 1 aromatic heterocycles. The summed E-state index contributed by atoms with van der Waals surface area (Å²) in [6.07, 6.45) is -2.13. The smallest absolute Gasteiger partial charge is 0.265 e. The Hall–Kier alpha value is -1.57. The van der Waals surface area contributed by atoms with Crippen molar-refractivity contribution < 1.29 is 18.7 Å². The third kappa shape index (κ3) is 3.98. The number of halogens is 2. The second-order valence-electron chi connectivity index (χ2n) is 2.80. The lowest BCUT2D eigenvalue weighted by molar-refractivity contribution is -0.122. The van der Waals surface area contributed by atoms with Crippen molar-refractivity contribution in [2.45, 2.75) is 19.1 Å². The first-order valence-electron chi connectivity index (χ1n) is 4.15. The summed E-state index contributed by atoms with van der Waals surface area (Å²) in [6, 6.07) is 0. The standard InChI is InChI=1S/C7H10F2N4O2/c8-7(9)5(14)1-11-6(15)2-13-4-10-3-12-13/h3-5,7,14H,1-2H2,(H,11,15). The van der Waals surface area contributed by atoms with Gasteiger partial charge in [-0.1, -0.05) is 0 Å². The SMILES string of the molecule is O=C(Cn1cncn1)NCC(O)C(F)F. The van der Waals surface area contributed by atoms with Crippen LogP contribution in [0.5, 0.6) is 0 Å². The van der Waals surface area contributed by atoms with Gasteiger partial charge < -0.3 is 10.4 Å². The first-order valence-corrected chi connectivity index (χ1v) is 4.15. The van der Waals surface area contributed by atoms with Gasteiger partial charge in [0.2, 0.25) is 5.91 Å². The highest BCUT2D eigenvalue weighted by Crippen LogP contribution is 1.98. The lowest BCUT2D eigenvalue weighted by Gasteiger charge is -2.10. The highest BCUT2D eigenvalue weighted by atomic mass is 19.3. The van der Waals surface area contributed by atoms with E-state index in [1.54, 1.807) is 0 Å². The molecule has 0 saturated carbocycles. The number of amides is 1. The summed E-state index contributed by atoms with van der Waals surface area (Å²) in [6.45, 7) is -0.596. The van der Waals surface area contributed by atoms with Crippen molar-refractivity contribution in [1.82, 2.24) is 20.1 Å². The second kappa shape index (κ2) is 5.35. The molecule has 15 heavy (non-hydrogen) atoms. The third-order valence-corrected chi connectivity index (χ3v) is 1.57. The van der Waals surface area contributed by atoms with Crippen molar-refractivity contribution in [3.05, 3.63) is 12.7 Å². The van der Waals surface area contributed by atoms with E-state index in [2.05, 4.69) is 15.4 Å². The summed E-state index contributed by atoms with van der Waals surface area (Å²) in [5, 5.41) is 14.5. The number of aliphatic hydroxyl groups excluding tert-OH is 1. The maximum absolute atomic E-state index is 11.8. The van der Waals surface area contributed by atoms with E-state index < -0.39 is 25.0 Å². The Labute approximate surface area is 83.9 Å². The molecular formula is C7H10F2N4O2. The first kappa shape index (κ1) is 11.5. The van der Waals surface area contributed by atoms with Crippen LogP contribution >= 0.6 is 0 Å². The summed E-state index contributed by atoms with van der Waals surface area (Å²) in [4.78, 5) is 14.7. The topological polar surface area (TPSA) is 80.0 Å². The zero-order chi connectivity index (χ0) is 11.3. The Balaban J connectivity index is 2.25. The molecule has 6 nitrogen and oxygen atoms in total. The molecule has 1 unspecified atom stereocenters. The van der Waals surface area contributed by atoms with E-state index in [4.69, 9.17) is 5.11 Å². The van der Waals surface area contributed by atoms with Gasteiger partial charge in [0.1, 0.15) is 25.3 Å². The van der Waals surface area contributed by atoms with E-state index in [1.165, 1.54) is 17.3 Å². The highest BCUT2D eigenvalue weighted by molar-refractivity contribution is 5.75. The van der Waals surface area contributed by atoms with Crippen LogP contribution in [0.25, 0.3) is 0 Å². The number of aliphatic hydroxyl groups is 1. The number of rotatable bonds is 5. The molecule has 84 valence electrons. The predicted octanol–water partition coefficient (Wildman–Crippen LogP) is -0.980. The second-order valence-corrected chi connectivity index (χ2v) is 2.80. The molecule has 0 aromatic carbocycles. The summed E-state index contributed by atoms with van der Waals surface area (Å²) >= 11 is 0. The number of carbonyl (C=O) groups is 1. The first-order chi connectivity index (χ1) is 7.09. The molecule has 1 aromatic rings. The fourth-order valence-electron chi connectivity index (χ4n) is 0.825. The van der Waals surface area contributed by atoms with Gasteiger partial charge in [-0.05, 0) is 0 Å². The van der Waals surface area contributed by atoms with Gasteiger partial charge in [-0.15, -0.1) is 0 Å². The average Bonchev–Trinajstić information content (AvgIpc) is 2.66. The molecule has 1 heterocycles. The zero-order valence-corrected chi connectivity index (χ0v) is 7.68. The molecular weight excluding hydrogens is 210 g/mol. The fourth-order valence-corrected chi connectivity index (χ4v) is 0.825. The van der Waals surface area contributed by atoms with Crippen LogP contribution in [0.15, 0.2) is 12.7 Å². The van der Waals surface area contributed by atoms with Crippen LogP contribution in [-0.4, -0.2) is 44.9 Å². The summed E-state index contributed by atoms with van der Waals surface area (Å²) in [5.74, 6) is -0.514. The van der Waals surface area contributed by atoms with Crippen LogP contribution in [0.3, 0.4) is 0 Å². The molecule has 8 heteroatoms. The number of hydrogen-bond acceptors (Lipinski definition) is 4. The Morgan fingerprint density at radius 2 is 2.33 bits per heavy atom. The number of alkyl halides is 2. The highest BCUT2D eigenvalue weighted by Gasteiger charge is 2.17. The monoisotopic (exact) mass is 220 g/mol. The van der Waals surface area contributed by atoms with Crippen LogP contribution < -0.4 is 5.32 Å². The average molecular weight is 220 g/mol. The zero-order valence-electron chi connectivity index (χ0n) is 7.68. The Bertz CT molecular complexity index is 304. The van der Waals surface area contributed by atoms with E-state index in [9.17, 15) is 13.6 Å². The van der Waals surface area contributed by atoms with Crippen LogP contribution in [-0.2, 0) is 11.3 Å². The Kier molecular flexibility index (Phi) is 4.10. The number of aromatic nitrogens is 3. The lowest BCUT2D eigenvalue weighted by Crippen LogP contribution is -2.37. The van der Waals surface area contributed by atoms with E-state index in [1.807, 2.05) is 0 Å².